The summed E-state index contributed by atoms with van der Waals surface area (Å²) in [6, 6.07) is 21.9. The van der Waals surface area contributed by atoms with E-state index in [1.165, 1.54) is 17.7 Å². The van der Waals surface area contributed by atoms with Gasteiger partial charge in [0.1, 0.15) is 18.1 Å². The molecule has 0 saturated heterocycles. The Morgan fingerprint density at radius 2 is 1.69 bits per heavy atom. The van der Waals surface area contributed by atoms with Crippen molar-refractivity contribution in [3.05, 3.63) is 88.5 Å². The second-order valence-electron chi connectivity index (χ2n) is 5.56. The van der Waals surface area contributed by atoms with E-state index in [0.29, 0.717) is 0 Å². The van der Waals surface area contributed by atoms with Crippen LogP contribution < -0.4 is 14.8 Å². The Morgan fingerprint density at radius 3 is 2.19 bits per heavy atom. The molecule has 0 aliphatic carbocycles. The molecule has 0 radical (unpaired) electrons. The highest BCUT2D eigenvalue weighted by molar-refractivity contribution is 5.63. The molecular weight excluding hydrogens is 332 g/mol. The number of nitrogens with zero attached hydrogens (tertiary/aromatic N) is 1. The van der Waals surface area contributed by atoms with Gasteiger partial charge in [-0.05, 0) is 36.4 Å². The van der Waals surface area contributed by atoms with E-state index in [9.17, 15) is 10.1 Å². The van der Waals surface area contributed by atoms with Gasteiger partial charge in [-0.1, -0.05) is 18.2 Å². The van der Waals surface area contributed by atoms with Crippen molar-refractivity contribution in [3.63, 3.8) is 0 Å². The molecule has 3 aromatic carbocycles. The van der Waals surface area contributed by atoms with Gasteiger partial charge in [-0.3, -0.25) is 10.1 Å². The molecule has 1 N–H and O–H groups in total. The molecule has 6 heteroatoms. The van der Waals surface area contributed by atoms with Gasteiger partial charge in [0.15, 0.2) is 0 Å². The van der Waals surface area contributed by atoms with Gasteiger partial charge in [0.05, 0.1) is 12.0 Å². The number of rotatable bonds is 4. The number of hydrogen-bond acceptors (Lipinski definition) is 5. The highest BCUT2D eigenvalue weighted by Gasteiger charge is 2.14. The van der Waals surface area contributed by atoms with Gasteiger partial charge in [-0.25, -0.2) is 0 Å². The number of non-ortho nitro benzene ring substituents is 1. The predicted molar refractivity (Wildman–Crippen MR) is 100 cm³/mol. The van der Waals surface area contributed by atoms with Crippen LogP contribution in [0.3, 0.4) is 0 Å². The molecule has 1 heterocycles. The third kappa shape index (κ3) is 4.30. The highest BCUT2D eigenvalue weighted by atomic mass is 16.6. The molecule has 0 saturated carbocycles. The summed E-state index contributed by atoms with van der Waals surface area (Å²) in [6.07, 6.45) is 0. The number of fused-ring (bicyclic) bond motifs is 1. The van der Waals surface area contributed by atoms with Crippen LogP contribution in [0.25, 0.3) is 0 Å². The van der Waals surface area contributed by atoms with Crippen molar-refractivity contribution in [1.82, 2.24) is 0 Å². The van der Waals surface area contributed by atoms with E-state index in [2.05, 4.69) is 17.4 Å². The zero-order chi connectivity index (χ0) is 18.4. The van der Waals surface area contributed by atoms with Crippen molar-refractivity contribution in [2.24, 2.45) is 0 Å². The lowest BCUT2D eigenvalue weighted by atomic mass is 10.1. The summed E-state index contributed by atoms with van der Waals surface area (Å²) >= 11 is 0. The van der Waals surface area contributed by atoms with Crippen LogP contribution in [-0.4, -0.2) is 12.0 Å². The standard InChI is InChI=1S/C14H13NO2.C6H5NO2/c1-16-13-6-4-11(5-7-13)15-12-3-2-10-9-17-14(10)8-12;8-7(9)6-4-2-1-3-5-6/h2-8,15H,9H2,1H3;1-5H. The van der Waals surface area contributed by atoms with E-state index in [1.54, 1.807) is 25.3 Å². The Balaban J connectivity index is 0.000000185. The van der Waals surface area contributed by atoms with E-state index < -0.39 is 4.92 Å². The lowest BCUT2D eigenvalue weighted by molar-refractivity contribution is -0.384. The van der Waals surface area contributed by atoms with Crippen molar-refractivity contribution in [2.75, 3.05) is 12.4 Å². The Hall–Kier alpha value is -3.54. The van der Waals surface area contributed by atoms with Crippen LogP contribution in [0, 0.1) is 10.1 Å². The van der Waals surface area contributed by atoms with Crippen LogP contribution >= 0.6 is 0 Å². The van der Waals surface area contributed by atoms with Crippen molar-refractivity contribution >= 4 is 17.1 Å². The SMILES string of the molecule is COc1ccc(Nc2ccc3c(c2)OC3)cc1.O=[N+]([O-])c1ccccc1. The van der Waals surface area contributed by atoms with Gasteiger partial charge in [0.2, 0.25) is 0 Å². The minimum atomic E-state index is -0.417. The van der Waals surface area contributed by atoms with Crippen LogP contribution in [0.2, 0.25) is 0 Å². The number of benzene rings is 3. The lowest BCUT2D eigenvalue weighted by Crippen LogP contribution is -2.09. The molecule has 6 nitrogen and oxygen atoms in total. The summed E-state index contributed by atoms with van der Waals surface area (Å²) in [5, 5.41) is 13.3. The second-order valence-corrected chi connectivity index (χ2v) is 5.56. The Bertz CT molecular complexity index is 880. The van der Waals surface area contributed by atoms with Crippen LogP contribution in [0.5, 0.6) is 11.5 Å². The lowest BCUT2D eigenvalue weighted by Gasteiger charge is -2.21. The Labute approximate surface area is 151 Å². The summed E-state index contributed by atoms with van der Waals surface area (Å²) in [4.78, 5) is 9.59. The Morgan fingerprint density at radius 1 is 1.00 bits per heavy atom. The van der Waals surface area contributed by atoms with Crippen LogP contribution in [0.15, 0.2) is 72.8 Å². The maximum atomic E-state index is 10.0. The van der Waals surface area contributed by atoms with E-state index in [4.69, 9.17) is 9.47 Å². The summed E-state index contributed by atoms with van der Waals surface area (Å²) in [7, 11) is 1.66. The number of nitro benzene ring substituents is 1. The molecule has 0 fully saturated rings. The average Bonchev–Trinajstić information content (AvgIpc) is 2.66. The molecule has 0 spiro atoms. The minimum absolute atomic E-state index is 0.137. The molecule has 0 unspecified atom stereocenters. The minimum Gasteiger partial charge on any atom is -0.497 e. The maximum absolute atomic E-state index is 10.0. The fraction of sp³-hybridized carbons (Fsp3) is 0.100. The first kappa shape index (κ1) is 17.3. The Kier molecular flexibility index (Phi) is 5.34. The summed E-state index contributed by atoms with van der Waals surface area (Å²) in [5.74, 6) is 1.83. The molecule has 26 heavy (non-hydrogen) atoms. The zero-order valence-electron chi connectivity index (χ0n) is 14.2. The number of anilines is 2. The molecule has 4 rings (SSSR count). The van der Waals surface area contributed by atoms with Crippen molar-refractivity contribution in [2.45, 2.75) is 6.61 Å². The number of nitro groups is 1. The van der Waals surface area contributed by atoms with Gasteiger partial charge in [0, 0.05) is 35.1 Å². The maximum Gasteiger partial charge on any atom is 0.269 e. The third-order valence-electron chi connectivity index (χ3n) is 3.80. The van der Waals surface area contributed by atoms with Crippen LogP contribution in [0.4, 0.5) is 17.1 Å². The monoisotopic (exact) mass is 350 g/mol. The van der Waals surface area contributed by atoms with Crippen LogP contribution in [-0.2, 0) is 6.61 Å². The quantitative estimate of drug-likeness (QED) is 0.534. The van der Waals surface area contributed by atoms with Gasteiger partial charge < -0.3 is 14.8 Å². The van der Waals surface area contributed by atoms with E-state index in [0.717, 1.165) is 29.5 Å². The summed E-state index contributed by atoms with van der Waals surface area (Å²) in [6.45, 7) is 0.734. The number of hydrogen-bond donors (Lipinski definition) is 1. The van der Waals surface area contributed by atoms with Gasteiger partial charge in [-0.2, -0.15) is 0 Å². The molecule has 1 aliphatic rings. The molecule has 132 valence electrons. The molecule has 1 aliphatic heterocycles. The number of nitrogens with one attached hydrogen (secondary N) is 1. The first-order valence-electron chi connectivity index (χ1n) is 8.02. The number of methoxy groups -OCH3 is 1. The van der Waals surface area contributed by atoms with E-state index >= 15 is 0 Å². The average molecular weight is 350 g/mol. The highest BCUT2D eigenvalue weighted by Crippen LogP contribution is 2.32. The predicted octanol–water partition coefficient (Wildman–Crippen LogP) is 4.93. The fourth-order valence-corrected chi connectivity index (χ4v) is 2.35. The van der Waals surface area contributed by atoms with Crippen molar-refractivity contribution in [3.8, 4) is 11.5 Å². The first-order chi connectivity index (χ1) is 12.7. The summed E-state index contributed by atoms with van der Waals surface area (Å²) in [5.41, 5.74) is 3.47. The molecule has 0 amide bonds. The van der Waals surface area contributed by atoms with Gasteiger partial charge in [-0.15, -0.1) is 0 Å². The first-order valence-corrected chi connectivity index (χ1v) is 8.02. The molecule has 0 bridgehead atoms. The largest absolute Gasteiger partial charge is 0.497 e. The number of para-hydroxylation sites is 1. The van der Waals surface area contributed by atoms with Crippen molar-refractivity contribution < 1.29 is 14.4 Å². The molecule has 0 atom stereocenters. The zero-order valence-corrected chi connectivity index (χ0v) is 14.2. The fourth-order valence-electron chi connectivity index (χ4n) is 2.35. The van der Waals surface area contributed by atoms with Gasteiger partial charge in [0.25, 0.3) is 5.69 Å². The topological polar surface area (TPSA) is 73.6 Å². The molecular formula is C20H18N2O4. The summed E-state index contributed by atoms with van der Waals surface area (Å²) < 4.78 is 10.4. The normalized spacial score (nSPS) is 11.0. The van der Waals surface area contributed by atoms with Crippen LogP contribution in [0.1, 0.15) is 5.56 Å². The molecule has 3 aromatic rings. The van der Waals surface area contributed by atoms with E-state index in [-0.39, 0.29) is 5.69 Å². The third-order valence-corrected chi connectivity index (χ3v) is 3.80. The van der Waals surface area contributed by atoms with E-state index in [1.807, 2.05) is 30.3 Å². The smallest absolute Gasteiger partial charge is 0.269 e. The molecule has 0 aromatic heterocycles. The van der Waals surface area contributed by atoms with Crippen molar-refractivity contribution in [1.29, 1.82) is 0 Å². The number of ether oxygens (including phenoxy) is 2. The van der Waals surface area contributed by atoms with Gasteiger partial charge >= 0.3 is 0 Å². The second kappa shape index (κ2) is 8.02.